The Labute approximate surface area is 117 Å². The van der Waals surface area contributed by atoms with Crippen LogP contribution < -0.4 is 5.32 Å². The minimum atomic E-state index is -0.280. The summed E-state index contributed by atoms with van der Waals surface area (Å²) in [7, 11) is 0. The van der Waals surface area contributed by atoms with Gasteiger partial charge in [-0.2, -0.15) is 0 Å². The van der Waals surface area contributed by atoms with Crippen LogP contribution in [-0.4, -0.2) is 30.6 Å². The van der Waals surface area contributed by atoms with Crippen LogP contribution in [0.1, 0.15) is 29.4 Å². The van der Waals surface area contributed by atoms with E-state index in [1.807, 2.05) is 31.2 Å². The molecule has 0 amide bonds. The summed E-state index contributed by atoms with van der Waals surface area (Å²) < 4.78 is 5.18. The lowest BCUT2D eigenvalue weighted by atomic mass is 9.97. The fraction of sp³-hybridized carbons (Fsp3) is 0.312. The zero-order chi connectivity index (χ0) is 13.9. The minimum absolute atomic E-state index is 0.280. The third kappa shape index (κ3) is 2.23. The SMILES string of the molecule is CCOC(=O)c1[nH]c2ccccc2c1C1=CCNCC1. The van der Waals surface area contributed by atoms with Gasteiger partial charge in [0.25, 0.3) is 0 Å². The molecule has 20 heavy (non-hydrogen) atoms. The number of benzene rings is 1. The lowest BCUT2D eigenvalue weighted by Crippen LogP contribution is -2.20. The molecule has 0 unspecified atom stereocenters. The van der Waals surface area contributed by atoms with Gasteiger partial charge in [-0.15, -0.1) is 0 Å². The number of H-pyrrole nitrogens is 1. The Kier molecular flexibility index (Phi) is 3.56. The third-order valence-corrected chi connectivity index (χ3v) is 3.57. The van der Waals surface area contributed by atoms with Crippen molar-refractivity contribution in [3.05, 3.63) is 41.6 Å². The Morgan fingerprint density at radius 2 is 2.20 bits per heavy atom. The molecule has 2 aromatic rings. The van der Waals surface area contributed by atoms with Crippen LogP contribution in [0.25, 0.3) is 16.5 Å². The number of esters is 1. The molecule has 0 radical (unpaired) electrons. The van der Waals surface area contributed by atoms with Crippen molar-refractivity contribution in [3.8, 4) is 0 Å². The molecule has 2 N–H and O–H groups in total. The highest BCUT2D eigenvalue weighted by Crippen LogP contribution is 2.31. The predicted octanol–water partition coefficient (Wildman–Crippen LogP) is 2.72. The fourth-order valence-corrected chi connectivity index (χ4v) is 2.68. The van der Waals surface area contributed by atoms with Crippen LogP contribution in [0.5, 0.6) is 0 Å². The monoisotopic (exact) mass is 270 g/mol. The highest BCUT2D eigenvalue weighted by molar-refractivity contribution is 6.04. The van der Waals surface area contributed by atoms with E-state index in [0.717, 1.165) is 36.0 Å². The number of nitrogens with one attached hydrogen (secondary N) is 2. The molecule has 4 nitrogen and oxygen atoms in total. The van der Waals surface area contributed by atoms with E-state index in [-0.39, 0.29) is 5.97 Å². The van der Waals surface area contributed by atoms with Gasteiger partial charge in [-0.25, -0.2) is 4.79 Å². The summed E-state index contributed by atoms with van der Waals surface area (Å²) >= 11 is 0. The molecule has 0 saturated carbocycles. The third-order valence-electron chi connectivity index (χ3n) is 3.57. The quantitative estimate of drug-likeness (QED) is 0.843. The first-order chi connectivity index (χ1) is 9.81. The molecule has 3 rings (SSSR count). The van der Waals surface area contributed by atoms with Gasteiger partial charge in [0.15, 0.2) is 0 Å². The van der Waals surface area contributed by atoms with Crippen LogP contribution in [0, 0.1) is 0 Å². The van der Waals surface area contributed by atoms with Crippen molar-refractivity contribution in [2.45, 2.75) is 13.3 Å². The van der Waals surface area contributed by atoms with E-state index < -0.39 is 0 Å². The van der Waals surface area contributed by atoms with Crippen LogP contribution >= 0.6 is 0 Å². The Morgan fingerprint density at radius 3 is 2.95 bits per heavy atom. The molecule has 0 saturated heterocycles. The molecule has 0 aliphatic carbocycles. The van der Waals surface area contributed by atoms with Crippen molar-refractivity contribution < 1.29 is 9.53 Å². The van der Waals surface area contributed by atoms with Crippen molar-refractivity contribution >= 4 is 22.4 Å². The molecule has 1 aliphatic heterocycles. The lowest BCUT2D eigenvalue weighted by molar-refractivity contribution is 0.0520. The number of rotatable bonds is 3. The molecule has 0 spiro atoms. The average Bonchev–Trinajstić information content (AvgIpc) is 2.88. The largest absolute Gasteiger partial charge is 0.461 e. The molecular weight excluding hydrogens is 252 g/mol. The number of hydrogen-bond acceptors (Lipinski definition) is 3. The first kappa shape index (κ1) is 12.9. The first-order valence-corrected chi connectivity index (χ1v) is 6.99. The Hall–Kier alpha value is -2.07. The maximum Gasteiger partial charge on any atom is 0.355 e. The summed E-state index contributed by atoms with van der Waals surface area (Å²) in [5.41, 5.74) is 3.76. The Bertz CT molecular complexity index is 670. The van der Waals surface area contributed by atoms with Crippen molar-refractivity contribution in [2.24, 2.45) is 0 Å². The molecule has 0 atom stereocenters. The molecular formula is C16H18N2O2. The van der Waals surface area contributed by atoms with Gasteiger partial charge >= 0.3 is 5.97 Å². The maximum atomic E-state index is 12.2. The van der Waals surface area contributed by atoms with Gasteiger partial charge in [-0.05, 0) is 31.5 Å². The molecule has 1 aliphatic rings. The summed E-state index contributed by atoms with van der Waals surface area (Å²) in [4.78, 5) is 15.4. The van der Waals surface area contributed by atoms with Crippen LogP contribution in [0.2, 0.25) is 0 Å². The lowest BCUT2D eigenvalue weighted by Gasteiger charge is -2.15. The summed E-state index contributed by atoms with van der Waals surface area (Å²) in [5, 5.41) is 4.38. The van der Waals surface area contributed by atoms with Gasteiger partial charge in [-0.3, -0.25) is 0 Å². The van der Waals surface area contributed by atoms with E-state index in [9.17, 15) is 4.79 Å². The molecule has 2 heterocycles. The number of carbonyl (C=O) groups excluding carboxylic acids is 1. The number of fused-ring (bicyclic) bond motifs is 1. The topological polar surface area (TPSA) is 54.1 Å². The molecule has 1 aromatic heterocycles. The number of para-hydroxylation sites is 1. The van der Waals surface area contributed by atoms with Gasteiger partial charge in [0, 0.05) is 23.0 Å². The van der Waals surface area contributed by atoms with Crippen molar-refractivity contribution in [2.75, 3.05) is 19.7 Å². The van der Waals surface area contributed by atoms with Crippen LogP contribution in [0.4, 0.5) is 0 Å². The summed E-state index contributed by atoms with van der Waals surface area (Å²) in [6, 6.07) is 8.00. The van der Waals surface area contributed by atoms with Crippen LogP contribution in [0.3, 0.4) is 0 Å². The van der Waals surface area contributed by atoms with E-state index in [4.69, 9.17) is 4.74 Å². The zero-order valence-corrected chi connectivity index (χ0v) is 11.5. The molecule has 0 bridgehead atoms. The highest BCUT2D eigenvalue weighted by atomic mass is 16.5. The van der Waals surface area contributed by atoms with Crippen molar-refractivity contribution in [1.29, 1.82) is 0 Å². The van der Waals surface area contributed by atoms with Crippen molar-refractivity contribution in [1.82, 2.24) is 10.3 Å². The second-order valence-electron chi connectivity index (χ2n) is 4.82. The Balaban J connectivity index is 2.17. The normalized spacial score (nSPS) is 15.2. The van der Waals surface area contributed by atoms with Crippen LogP contribution in [-0.2, 0) is 4.74 Å². The number of aromatic nitrogens is 1. The van der Waals surface area contributed by atoms with E-state index in [1.165, 1.54) is 5.57 Å². The molecule has 4 heteroatoms. The smallest absolute Gasteiger partial charge is 0.355 e. The second-order valence-corrected chi connectivity index (χ2v) is 4.82. The predicted molar refractivity (Wildman–Crippen MR) is 79.7 cm³/mol. The average molecular weight is 270 g/mol. The van der Waals surface area contributed by atoms with E-state index >= 15 is 0 Å². The summed E-state index contributed by atoms with van der Waals surface area (Å²) in [6.45, 7) is 3.99. The Morgan fingerprint density at radius 1 is 1.35 bits per heavy atom. The number of ether oxygens (including phenoxy) is 1. The summed E-state index contributed by atoms with van der Waals surface area (Å²) in [6.07, 6.45) is 3.08. The minimum Gasteiger partial charge on any atom is -0.461 e. The number of aromatic amines is 1. The van der Waals surface area contributed by atoms with E-state index in [0.29, 0.717) is 12.3 Å². The highest BCUT2D eigenvalue weighted by Gasteiger charge is 2.21. The van der Waals surface area contributed by atoms with Crippen LogP contribution in [0.15, 0.2) is 30.3 Å². The molecule has 1 aromatic carbocycles. The maximum absolute atomic E-state index is 12.2. The number of hydrogen-bond donors (Lipinski definition) is 2. The molecule has 104 valence electrons. The standard InChI is InChI=1S/C16H18N2O2/c1-2-20-16(19)15-14(11-7-9-17-10-8-11)12-5-3-4-6-13(12)18-15/h3-7,17-18H,2,8-10H2,1H3. The summed E-state index contributed by atoms with van der Waals surface area (Å²) in [5.74, 6) is -0.280. The van der Waals surface area contributed by atoms with Crippen molar-refractivity contribution in [3.63, 3.8) is 0 Å². The second kappa shape index (κ2) is 5.51. The fourth-order valence-electron chi connectivity index (χ4n) is 2.68. The van der Waals surface area contributed by atoms with Gasteiger partial charge < -0.3 is 15.0 Å². The number of carbonyl (C=O) groups is 1. The van der Waals surface area contributed by atoms with E-state index in [2.05, 4.69) is 16.4 Å². The van der Waals surface area contributed by atoms with E-state index in [1.54, 1.807) is 0 Å². The van der Waals surface area contributed by atoms with Gasteiger partial charge in [0.1, 0.15) is 5.69 Å². The van der Waals surface area contributed by atoms with Gasteiger partial charge in [0.05, 0.1) is 6.61 Å². The van der Waals surface area contributed by atoms with Gasteiger partial charge in [0.2, 0.25) is 0 Å². The first-order valence-electron chi connectivity index (χ1n) is 6.99. The zero-order valence-electron chi connectivity index (χ0n) is 11.5. The van der Waals surface area contributed by atoms with Gasteiger partial charge in [-0.1, -0.05) is 24.3 Å². The molecule has 0 fully saturated rings.